The summed E-state index contributed by atoms with van der Waals surface area (Å²) in [6.07, 6.45) is 0. The molecule has 0 aliphatic carbocycles. The minimum Gasteiger partial charge on any atom is -0.305 e. The number of hydrogen-bond acceptors (Lipinski definition) is 1. The lowest BCUT2D eigenvalue weighted by molar-refractivity contribution is 1.45. The molecule has 0 bridgehead atoms. The normalized spacial score (nSPS) is 9.73. The molecule has 3 heteroatoms. The molecule has 0 heterocycles. The van der Waals surface area contributed by atoms with Gasteiger partial charge in [-0.1, -0.05) is 23.2 Å². The molecule has 1 nitrogen and oxygen atoms in total. The third kappa shape index (κ3) is 1.95. The Kier molecular flexibility index (Phi) is 2.53. The summed E-state index contributed by atoms with van der Waals surface area (Å²) in [6, 6.07) is 5.08. The van der Waals surface area contributed by atoms with E-state index in [1.165, 1.54) is 0 Å². The van der Waals surface area contributed by atoms with Crippen LogP contribution in [0.5, 0.6) is 0 Å². The molecule has 0 aromatic heterocycles. The second kappa shape index (κ2) is 3.24. The van der Waals surface area contributed by atoms with E-state index in [4.69, 9.17) is 28.6 Å². The molecule has 0 radical (unpaired) electrons. The van der Waals surface area contributed by atoms with E-state index >= 15 is 0 Å². The number of benzene rings is 1. The smallest absolute Gasteiger partial charge is 0.0497 e. The number of nitrogens with one attached hydrogen (secondary N) is 1. The lowest BCUT2D eigenvalue weighted by atomic mass is 10.1. The standard InChI is InChI=1S/C8H7Cl2N/c1-5(11)7-4-6(9)2-3-8(7)10/h2-4,11H,1H3. The largest absolute Gasteiger partial charge is 0.305 e. The molecule has 0 aliphatic rings. The molecule has 0 saturated carbocycles. The van der Waals surface area contributed by atoms with Gasteiger partial charge in [-0.2, -0.15) is 0 Å². The first-order valence-corrected chi connectivity index (χ1v) is 3.87. The molecule has 11 heavy (non-hydrogen) atoms. The molecule has 0 aliphatic heterocycles. The molecule has 58 valence electrons. The van der Waals surface area contributed by atoms with Crippen LogP contribution in [-0.4, -0.2) is 5.71 Å². The van der Waals surface area contributed by atoms with Gasteiger partial charge in [0.1, 0.15) is 0 Å². The first kappa shape index (κ1) is 8.57. The molecule has 0 atom stereocenters. The molecule has 1 N–H and O–H groups in total. The number of halogens is 2. The van der Waals surface area contributed by atoms with Crippen molar-refractivity contribution in [2.24, 2.45) is 0 Å². The van der Waals surface area contributed by atoms with Crippen LogP contribution in [0.15, 0.2) is 18.2 Å². The Bertz CT molecular complexity index is 294. The molecular formula is C8H7Cl2N. The summed E-state index contributed by atoms with van der Waals surface area (Å²) in [6.45, 7) is 1.68. The number of hydrogen-bond donors (Lipinski definition) is 1. The van der Waals surface area contributed by atoms with Gasteiger partial charge < -0.3 is 5.41 Å². The molecule has 0 unspecified atom stereocenters. The minimum absolute atomic E-state index is 0.428. The average molecular weight is 188 g/mol. The zero-order chi connectivity index (χ0) is 8.43. The van der Waals surface area contributed by atoms with Crippen molar-refractivity contribution in [3.05, 3.63) is 33.8 Å². The highest BCUT2D eigenvalue weighted by Gasteiger charge is 2.01. The fraction of sp³-hybridized carbons (Fsp3) is 0.125. The van der Waals surface area contributed by atoms with Gasteiger partial charge in [0.05, 0.1) is 0 Å². The van der Waals surface area contributed by atoms with Gasteiger partial charge in [0, 0.05) is 21.3 Å². The summed E-state index contributed by atoms with van der Waals surface area (Å²) >= 11 is 11.5. The van der Waals surface area contributed by atoms with E-state index in [1.807, 2.05) is 0 Å². The quantitative estimate of drug-likeness (QED) is 0.653. The van der Waals surface area contributed by atoms with Gasteiger partial charge in [0.2, 0.25) is 0 Å². The maximum absolute atomic E-state index is 7.33. The zero-order valence-electron chi connectivity index (χ0n) is 5.99. The van der Waals surface area contributed by atoms with E-state index in [2.05, 4.69) is 0 Å². The van der Waals surface area contributed by atoms with E-state index in [0.717, 1.165) is 0 Å². The fourth-order valence-electron chi connectivity index (χ4n) is 0.785. The topological polar surface area (TPSA) is 23.9 Å². The predicted molar refractivity (Wildman–Crippen MR) is 49.0 cm³/mol. The van der Waals surface area contributed by atoms with Crippen molar-refractivity contribution < 1.29 is 0 Å². The molecule has 1 aromatic carbocycles. The third-order valence-electron chi connectivity index (χ3n) is 1.33. The van der Waals surface area contributed by atoms with Gasteiger partial charge in [0.25, 0.3) is 0 Å². The maximum atomic E-state index is 7.33. The predicted octanol–water partition coefficient (Wildman–Crippen LogP) is 3.38. The van der Waals surface area contributed by atoms with Gasteiger partial charge in [-0.15, -0.1) is 0 Å². The Morgan fingerprint density at radius 2 is 2.00 bits per heavy atom. The van der Waals surface area contributed by atoms with E-state index in [9.17, 15) is 0 Å². The van der Waals surface area contributed by atoms with Crippen molar-refractivity contribution in [2.45, 2.75) is 6.92 Å². The minimum atomic E-state index is 0.428. The molecule has 1 aromatic rings. The molecule has 0 saturated heterocycles. The Morgan fingerprint density at radius 3 is 2.45 bits per heavy atom. The van der Waals surface area contributed by atoms with Gasteiger partial charge >= 0.3 is 0 Å². The Balaban J connectivity index is 3.23. The first-order valence-electron chi connectivity index (χ1n) is 3.12. The van der Waals surface area contributed by atoms with Crippen molar-refractivity contribution in [1.29, 1.82) is 5.41 Å². The Labute approximate surface area is 75.5 Å². The fourth-order valence-corrected chi connectivity index (χ4v) is 1.22. The van der Waals surface area contributed by atoms with Gasteiger partial charge in [-0.05, 0) is 25.1 Å². The summed E-state index contributed by atoms with van der Waals surface area (Å²) in [4.78, 5) is 0. The van der Waals surface area contributed by atoms with Crippen LogP contribution in [0.4, 0.5) is 0 Å². The van der Waals surface area contributed by atoms with E-state index in [0.29, 0.717) is 21.3 Å². The maximum Gasteiger partial charge on any atom is 0.0497 e. The third-order valence-corrected chi connectivity index (χ3v) is 1.90. The summed E-state index contributed by atoms with van der Waals surface area (Å²) in [5.41, 5.74) is 1.12. The molecule has 1 rings (SSSR count). The van der Waals surface area contributed by atoms with Crippen LogP contribution in [-0.2, 0) is 0 Å². The highest BCUT2D eigenvalue weighted by atomic mass is 35.5. The van der Waals surface area contributed by atoms with Gasteiger partial charge in [-0.25, -0.2) is 0 Å². The van der Waals surface area contributed by atoms with Crippen LogP contribution in [0.3, 0.4) is 0 Å². The van der Waals surface area contributed by atoms with Gasteiger partial charge in [-0.3, -0.25) is 0 Å². The first-order chi connectivity index (χ1) is 5.11. The summed E-state index contributed by atoms with van der Waals surface area (Å²) in [5, 5.41) is 8.51. The Hall–Kier alpha value is -0.530. The van der Waals surface area contributed by atoms with Crippen LogP contribution < -0.4 is 0 Å². The van der Waals surface area contributed by atoms with Crippen molar-refractivity contribution in [3.63, 3.8) is 0 Å². The van der Waals surface area contributed by atoms with Crippen LogP contribution >= 0.6 is 23.2 Å². The van der Waals surface area contributed by atoms with Crippen molar-refractivity contribution in [3.8, 4) is 0 Å². The van der Waals surface area contributed by atoms with Crippen LogP contribution in [0.2, 0.25) is 10.0 Å². The average Bonchev–Trinajstić information content (AvgIpc) is 1.94. The lowest BCUT2D eigenvalue weighted by Crippen LogP contribution is -1.92. The van der Waals surface area contributed by atoms with E-state index in [-0.39, 0.29) is 0 Å². The molecule has 0 fully saturated rings. The zero-order valence-corrected chi connectivity index (χ0v) is 7.50. The van der Waals surface area contributed by atoms with Crippen molar-refractivity contribution >= 4 is 28.9 Å². The number of rotatable bonds is 1. The monoisotopic (exact) mass is 187 g/mol. The second-order valence-electron chi connectivity index (χ2n) is 2.25. The van der Waals surface area contributed by atoms with Crippen molar-refractivity contribution in [2.75, 3.05) is 0 Å². The van der Waals surface area contributed by atoms with Crippen LogP contribution in [0.1, 0.15) is 12.5 Å². The molecule has 0 amide bonds. The van der Waals surface area contributed by atoms with Crippen molar-refractivity contribution in [1.82, 2.24) is 0 Å². The highest BCUT2D eigenvalue weighted by molar-refractivity contribution is 6.35. The summed E-state index contributed by atoms with van der Waals surface area (Å²) in [5.74, 6) is 0. The SMILES string of the molecule is CC(=N)c1cc(Cl)ccc1Cl. The highest BCUT2D eigenvalue weighted by Crippen LogP contribution is 2.20. The van der Waals surface area contributed by atoms with Gasteiger partial charge in [0.15, 0.2) is 0 Å². The second-order valence-corrected chi connectivity index (χ2v) is 3.09. The molecular weight excluding hydrogens is 181 g/mol. The lowest BCUT2D eigenvalue weighted by Gasteiger charge is -2.00. The van der Waals surface area contributed by atoms with Crippen LogP contribution in [0, 0.1) is 5.41 Å². The van der Waals surface area contributed by atoms with E-state index in [1.54, 1.807) is 25.1 Å². The van der Waals surface area contributed by atoms with E-state index < -0.39 is 0 Å². The van der Waals surface area contributed by atoms with Crippen LogP contribution in [0.25, 0.3) is 0 Å². The Morgan fingerprint density at radius 1 is 1.36 bits per heavy atom. The summed E-state index contributed by atoms with van der Waals surface area (Å²) in [7, 11) is 0. The molecule has 0 spiro atoms. The summed E-state index contributed by atoms with van der Waals surface area (Å²) < 4.78 is 0.